The Morgan fingerprint density at radius 1 is 0.962 bits per heavy atom. The first-order valence-corrected chi connectivity index (χ1v) is 8.43. The minimum atomic E-state index is -0.124. The van der Waals surface area contributed by atoms with Gasteiger partial charge < -0.3 is 4.57 Å². The van der Waals surface area contributed by atoms with Crippen LogP contribution in [-0.4, -0.2) is 20.3 Å². The van der Waals surface area contributed by atoms with Crippen LogP contribution in [0.25, 0.3) is 17.1 Å². The average Bonchev–Trinajstić information content (AvgIpc) is 3.06. The molecule has 0 aliphatic heterocycles. The van der Waals surface area contributed by atoms with Crippen molar-refractivity contribution in [2.45, 2.75) is 6.54 Å². The van der Waals surface area contributed by atoms with Gasteiger partial charge in [-0.15, -0.1) is 0 Å². The molecule has 0 amide bonds. The lowest BCUT2D eigenvalue weighted by atomic mass is 10.2. The Hall–Kier alpha value is -3.53. The van der Waals surface area contributed by atoms with E-state index in [0.717, 1.165) is 22.2 Å². The van der Waals surface area contributed by atoms with E-state index in [1.807, 2.05) is 59.2 Å². The molecule has 0 N–H and O–H groups in total. The Labute approximate surface area is 151 Å². The van der Waals surface area contributed by atoms with Crippen LogP contribution in [0.3, 0.4) is 0 Å². The fourth-order valence-corrected chi connectivity index (χ4v) is 2.91. The molecule has 26 heavy (non-hydrogen) atoms. The molecule has 4 rings (SSSR count). The normalized spacial score (nSPS) is 11.2. The maximum atomic E-state index is 12.8. The smallest absolute Gasteiger partial charge is 0.221 e. The third kappa shape index (κ3) is 3.30. The van der Waals surface area contributed by atoms with Gasteiger partial charge in [-0.25, -0.2) is 4.98 Å². The highest BCUT2D eigenvalue weighted by atomic mass is 16.1. The molecule has 2 heterocycles. The van der Waals surface area contributed by atoms with E-state index in [-0.39, 0.29) is 5.78 Å². The van der Waals surface area contributed by atoms with E-state index in [0.29, 0.717) is 12.4 Å². The predicted octanol–water partition coefficient (Wildman–Crippen LogP) is 4.38. The maximum absolute atomic E-state index is 12.8. The first-order valence-electron chi connectivity index (χ1n) is 8.43. The molecule has 4 heteroatoms. The number of carbonyl (C=O) groups is 1. The number of imidazole rings is 1. The Morgan fingerprint density at radius 2 is 1.77 bits per heavy atom. The molecule has 0 fully saturated rings. The molecule has 0 bridgehead atoms. The molecular formula is C22H17N3O. The van der Waals surface area contributed by atoms with E-state index in [2.05, 4.69) is 22.1 Å². The molecule has 0 atom stereocenters. The lowest BCUT2D eigenvalue weighted by molar-refractivity contribution is 0.103. The van der Waals surface area contributed by atoms with Crippen LogP contribution in [0.1, 0.15) is 21.7 Å². The summed E-state index contributed by atoms with van der Waals surface area (Å²) in [6.45, 7) is 0.600. The SMILES string of the molecule is O=C(/C=C/c1cccnc1)c1nc2ccccc2n1Cc1ccccc1. The van der Waals surface area contributed by atoms with Crippen LogP contribution in [0, 0.1) is 0 Å². The number of ketones is 1. The summed E-state index contributed by atoms with van der Waals surface area (Å²) < 4.78 is 1.97. The Bertz CT molecular complexity index is 1070. The van der Waals surface area contributed by atoms with E-state index in [1.165, 1.54) is 0 Å². The van der Waals surface area contributed by atoms with Crippen LogP contribution >= 0.6 is 0 Å². The third-order valence-electron chi connectivity index (χ3n) is 4.17. The number of benzene rings is 2. The van der Waals surface area contributed by atoms with Gasteiger partial charge in [0, 0.05) is 18.9 Å². The van der Waals surface area contributed by atoms with Crippen molar-refractivity contribution in [1.29, 1.82) is 0 Å². The van der Waals surface area contributed by atoms with Gasteiger partial charge >= 0.3 is 0 Å². The van der Waals surface area contributed by atoms with Gasteiger partial charge in [0.25, 0.3) is 0 Å². The zero-order valence-electron chi connectivity index (χ0n) is 14.1. The van der Waals surface area contributed by atoms with Gasteiger partial charge in [0.15, 0.2) is 5.82 Å². The summed E-state index contributed by atoms with van der Waals surface area (Å²) >= 11 is 0. The minimum Gasteiger partial charge on any atom is -0.317 e. The highest BCUT2D eigenvalue weighted by Crippen LogP contribution is 2.19. The maximum Gasteiger partial charge on any atom is 0.221 e. The lowest BCUT2D eigenvalue weighted by Crippen LogP contribution is -2.09. The number of allylic oxidation sites excluding steroid dienone is 1. The second-order valence-corrected chi connectivity index (χ2v) is 5.98. The molecule has 4 aromatic rings. The van der Waals surface area contributed by atoms with Crippen molar-refractivity contribution in [3.63, 3.8) is 0 Å². The number of fused-ring (bicyclic) bond motifs is 1. The Morgan fingerprint density at radius 3 is 2.58 bits per heavy atom. The molecule has 0 unspecified atom stereocenters. The van der Waals surface area contributed by atoms with Gasteiger partial charge in [-0.2, -0.15) is 0 Å². The van der Waals surface area contributed by atoms with Gasteiger partial charge in [-0.3, -0.25) is 9.78 Å². The van der Waals surface area contributed by atoms with Gasteiger partial charge in [0.2, 0.25) is 5.78 Å². The molecule has 0 aliphatic carbocycles. The van der Waals surface area contributed by atoms with Gasteiger partial charge in [0.1, 0.15) is 0 Å². The lowest BCUT2D eigenvalue weighted by Gasteiger charge is -2.07. The molecule has 0 saturated heterocycles. The molecule has 2 aromatic carbocycles. The number of rotatable bonds is 5. The quantitative estimate of drug-likeness (QED) is 0.400. The largest absolute Gasteiger partial charge is 0.317 e. The van der Waals surface area contributed by atoms with Gasteiger partial charge in [-0.05, 0) is 41.5 Å². The zero-order valence-corrected chi connectivity index (χ0v) is 14.1. The predicted molar refractivity (Wildman–Crippen MR) is 103 cm³/mol. The summed E-state index contributed by atoms with van der Waals surface area (Å²) in [7, 11) is 0. The number of para-hydroxylation sites is 2. The third-order valence-corrected chi connectivity index (χ3v) is 4.17. The summed E-state index contributed by atoms with van der Waals surface area (Å²) in [5, 5.41) is 0. The van der Waals surface area contributed by atoms with Crippen molar-refractivity contribution < 1.29 is 4.79 Å². The number of hydrogen-bond donors (Lipinski definition) is 0. The number of carbonyl (C=O) groups excluding carboxylic acids is 1. The molecule has 0 saturated carbocycles. The van der Waals surface area contributed by atoms with E-state index < -0.39 is 0 Å². The van der Waals surface area contributed by atoms with E-state index in [9.17, 15) is 4.79 Å². The van der Waals surface area contributed by atoms with Crippen LogP contribution < -0.4 is 0 Å². The van der Waals surface area contributed by atoms with Crippen molar-refractivity contribution >= 4 is 22.9 Å². The second-order valence-electron chi connectivity index (χ2n) is 5.98. The summed E-state index contributed by atoms with van der Waals surface area (Å²) in [5.41, 5.74) is 3.78. The highest BCUT2D eigenvalue weighted by Gasteiger charge is 2.15. The van der Waals surface area contributed by atoms with E-state index >= 15 is 0 Å². The molecule has 2 aromatic heterocycles. The molecule has 4 nitrogen and oxygen atoms in total. The fraction of sp³-hybridized carbons (Fsp3) is 0.0455. The number of pyridine rings is 1. The second kappa shape index (κ2) is 7.15. The molecule has 0 radical (unpaired) electrons. The standard InChI is InChI=1S/C22H17N3O/c26-21(13-12-17-9-6-14-23-15-17)22-24-19-10-4-5-11-20(19)25(22)16-18-7-2-1-3-8-18/h1-15H,16H2/b13-12+. The summed E-state index contributed by atoms with van der Waals surface area (Å²) in [6, 6.07) is 21.6. The Balaban J connectivity index is 1.73. The molecule has 126 valence electrons. The average molecular weight is 339 g/mol. The van der Waals surface area contributed by atoms with Crippen molar-refractivity contribution in [1.82, 2.24) is 14.5 Å². The Kier molecular flexibility index (Phi) is 4.39. The van der Waals surface area contributed by atoms with Crippen LogP contribution in [0.5, 0.6) is 0 Å². The summed E-state index contributed by atoms with van der Waals surface area (Å²) in [4.78, 5) is 21.4. The van der Waals surface area contributed by atoms with Gasteiger partial charge in [0.05, 0.1) is 11.0 Å². The zero-order chi connectivity index (χ0) is 17.8. The first kappa shape index (κ1) is 16.0. The molecule has 0 aliphatic rings. The summed E-state index contributed by atoms with van der Waals surface area (Å²) in [6.07, 6.45) is 6.75. The van der Waals surface area contributed by atoms with Crippen molar-refractivity contribution in [3.05, 3.63) is 102 Å². The van der Waals surface area contributed by atoms with Crippen LogP contribution in [0.15, 0.2) is 85.2 Å². The van der Waals surface area contributed by atoms with Crippen molar-refractivity contribution in [2.75, 3.05) is 0 Å². The number of nitrogens with zero attached hydrogens (tertiary/aromatic N) is 3. The van der Waals surface area contributed by atoms with E-state index in [1.54, 1.807) is 24.5 Å². The number of hydrogen-bond acceptors (Lipinski definition) is 3. The van der Waals surface area contributed by atoms with E-state index in [4.69, 9.17) is 0 Å². The summed E-state index contributed by atoms with van der Waals surface area (Å²) in [5.74, 6) is 0.316. The topological polar surface area (TPSA) is 47.8 Å². The van der Waals surface area contributed by atoms with Crippen molar-refractivity contribution in [2.24, 2.45) is 0 Å². The monoisotopic (exact) mass is 339 g/mol. The number of aromatic nitrogens is 3. The van der Waals surface area contributed by atoms with Crippen LogP contribution in [0.2, 0.25) is 0 Å². The molecular weight excluding hydrogens is 322 g/mol. The highest BCUT2D eigenvalue weighted by molar-refractivity contribution is 6.06. The van der Waals surface area contributed by atoms with Crippen LogP contribution in [0.4, 0.5) is 0 Å². The first-order chi connectivity index (χ1) is 12.8. The van der Waals surface area contributed by atoms with Gasteiger partial charge in [-0.1, -0.05) is 48.5 Å². The fourth-order valence-electron chi connectivity index (χ4n) is 2.91. The molecule has 0 spiro atoms. The van der Waals surface area contributed by atoms with Crippen molar-refractivity contribution in [3.8, 4) is 0 Å². The van der Waals surface area contributed by atoms with Crippen LogP contribution in [-0.2, 0) is 6.54 Å². The minimum absolute atomic E-state index is 0.124.